The third-order valence-corrected chi connectivity index (χ3v) is 5.48. The second-order valence-electron chi connectivity index (χ2n) is 8.05. The molecule has 2 aromatic rings. The third-order valence-electron chi connectivity index (χ3n) is 5.48. The molecule has 134 valence electrons. The van der Waals surface area contributed by atoms with Gasteiger partial charge in [-0.05, 0) is 56.7 Å². The van der Waals surface area contributed by atoms with Crippen molar-refractivity contribution in [2.75, 3.05) is 13.1 Å². The topological polar surface area (TPSA) is 15.3 Å². The Kier molecular flexibility index (Phi) is 6.28. The van der Waals surface area contributed by atoms with Crippen LogP contribution in [0.3, 0.4) is 0 Å². The van der Waals surface area contributed by atoms with Crippen LogP contribution in [0, 0.1) is 5.92 Å². The van der Waals surface area contributed by atoms with Crippen molar-refractivity contribution in [3.63, 3.8) is 0 Å². The molecule has 0 bridgehead atoms. The summed E-state index contributed by atoms with van der Waals surface area (Å²) in [4.78, 5) is 2.67. The van der Waals surface area contributed by atoms with Gasteiger partial charge < -0.3 is 5.32 Å². The quantitative estimate of drug-likeness (QED) is 0.693. The van der Waals surface area contributed by atoms with E-state index in [-0.39, 0.29) is 0 Å². The predicted octanol–water partition coefficient (Wildman–Crippen LogP) is 4.86. The van der Waals surface area contributed by atoms with Gasteiger partial charge in [-0.25, -0.2) is 0 Å². The molecule has 0 radical (unpaired) electrons. The van der Waals surface area contributed by atoms with E-state index in [0.29, 0.717) is 5.54 Å². The molecule has 0 unspecified atom stereocenters. The van der Waals surface area contributed by atoms with Crippen LogP contribution in [0.25, 0.3) is 0 Å². The molecule has 3 rings (SSSR count). The molecule has 1 heterocycles. The zero-order valence-electron chi connectivity index (χ0n) is 15.7. The van der Waals surface area contributed by atoms with Crippen LogP contribution in [0.5, 0.6) is 0 Å². The lowest BCUT2D eigenvalue weighted by molar-refractivity contribution is 0.166. The van der Waals surface area contributed by atoms with Crippen LogP contribution in [-0.4, -0.2) is 23.5 Å². The van der Waals surface area contributed by atoms with Crippen LogP contribution in [0.15, 0.2) is 60.7 Å². The normalized spacial score (nSPS) is 20.0. The largest absolute Gasteiger partial charge is 0.313 e. The molecule has 1 fully saturated rings. The van der Waals surface area contributed by atoms with Gasteiger partial charge in [-0.2, -0.15) is 0 Å². The Morgan fingerprint density at radius 3 is 2.28 bits per heavy atom. The van der Waals surface area contributed by atoms with Crippen LogP contribution in [0.1, 0.15) is 44.2 Å². The number of benzene rings is 2. The molecule has 2 heteroatoms. The van der Waals surface area contributed by atoms with Crippen LogP contribution in [-0.2, 0) is 13.1 Å². The highest BCUT2D eigenvalue weighted by Gasteiger charge is 2.37. The fourth-order valence-electron chi connectivity index (χ4n) is 4.08. The van der Waals surface area contributed by atoms with Crippen molar-refractivity contribution in [2.45, 2.75) is 51.7 Å². The predicted molar refractivity (Wildman–Crippen MR) is 106 cm³/mol. The van der Waals surface area contributed by atoms with Gasteiger partial charge in [0.25, 0.3) is 0 Å². The minimum atomic E-state index is 0.317. The van der Waals surface area contributed by atoms with Crippen molar-refractivity contribution >= 4 is 0 Å². The van der Waals surface area contributed by atoms with E-state index in [1.165, 1.54) is 36.9 Å². The number of likely N-dealkylation sites (tertiary alicyclic amines) is 1. The highest BCUT2D eigenvalue weighted by atomic mass is 15.2. The summed E-state index contributed by atoms with van der Waals surface area (Å²) in [6.45, 7) is 9.23. The van der Waals surface area contributed by atoms with E-state index in [0.717, 1.165) is 25.6 Å². The number of hydrogen-bond donors (Lipinski definition) is 1. The lowest BCUT2D eigenvalue weighted by atomic mass is 9.93. The Balaban J connectivity index is 1.39. The average Bonchev–Trinajstić information content (AvgIpc) is 2.90. The van der Waals surface area contributed by atoms with Gasteiger partial charge in [0.2, 0.25) is 0 Å². The van der Waals surface area contributed by atoms with Gasteiger partial charge in [0, 0.05) is 25.2 Å². The molecule has 0 spiro atoms. The fourth-order valence-corrected chi connectivity index (χ4v) is 4.08. The molecule has 1 saturated heterocycles. The highest BCUT2D eigenvalue weighted by molar-refractivity contribution is 5.16. The molecule has 1 N–H and O–H groups in total. The summed E-state index contributed by atoms with van der Waals surface area (Å²) >= 11 is 0. The maximum atomic E-state index is 3.58. The van der Waals surface area contributed by atoms with Crippen molar-refractivity contribution in [3.05, 3.63) is 71.8 Å². The van der Waals surface area contributed by atoms with Crippen molar-refractivity contribution in [1.82, 2.24) is 10.2 Å². The molecule has 0 aliphatic carbocycles. The summed E-state index contributed by atoms with van der Waals surface area (Å²) < 4.78 is 0. The van der Waals surface area contributed by atoms with Gasteiger partial charge in [-0.3, -0.25) is 4.90 Å². The number of hydrogen-bond acceptors (Lipinski definition) is 2. The summed E-state index contributed by atoms with van der Waals surface area (Å²) in [5, 5.41) is 3.58. The van der Waals surface area contributed by atoms with E-state index in [1.54, 1.807) is 0 Å². The summed E-state index contributed by atoms with van der Waals surface area (Å²) in [5.41, 5.74) is 3.12. The molecule has 1 aliphatic rings. The maximum Gasteiger partial charge on any atom is 0.0239 e. The SMILES string of the molecule is CC1(C)C[C@H](CCCNCc2ccccc2)CN1Cc1ccccc1. The number of nitrogens with zero attached hydrogens (tertiary/aromatic N) is 1. The fraction of sp³-hybridized carbons (Fsp3) is 0.478. The standard InChI is InChI=1S/C23H32N2/c1-23(2)16-22(19-25(23)18-21-12-7-4-8-13-21)14-9-15-24-17-20-10-5-3-6-11-20/h3-8,10-13,22,24H,9,14-19H2,1-2H3/t22-/m0/s1. The summed E-state index contributed by atoms with van der Waals surface area (Å²) in [6, 6.07) is 21.6. The molecule has 0 aromatic heterocycles. The third kappa shape index (κ3) is 5.42. The first kappa shape index (κ1) is 18.2. The van der Waals surface area contributed by atoms with E-state index in [1.807, 2.05) is 0 Å². The second-order valence-corrected chi connectivity index (χ2v) is 8.05. The first-order valence-corrected chi connectivity index (χ1v) is 9.67. The Bertz CT molecular complexity index is 621. The Hall–Kier alpha value is -1.64. The van der Waals surface area contributed by atoms with Gasteiger partial charge in [-0.15, -0.1) is 0 Å². The molecule has 1 atom stereocenters. The summed E-state index contributed by atoms with van der Waals surface area (Å²) in [6.07, 6.45) is 3.92. The van der Waals surface area contributed by atoms with Gasteiger partial charge in [0.05, 0.1) is 0 Å². The number of nitrogens with one attached hydrogen (secondary N) is 1. The molecule has 25 heavy (non-hydrogen) atoms. The highest BCUT2D eigenvalue weighted by Crippen LogP contribution is 2.35. The molecule has 2 aromatic carbocycles. The zero-order valence-corrected chi connectivity index (χ0v) is 15.7. The molecule has 0 amide bonds. The molecule has 1 aliphatic heterocycles. The summed E-state index contributed by atoms with van der Waals surface area (Å²) in [7, 11) is 0. The van der Waals surface area contributed by atoms with Crippen LogP contribution < -0.4 is 5.32 Å². The molecular weight excluding hydrogens is 304 g/mol. The lowest BCUT2D eigenvalue weighted by Crippen LogP contribution is -2.37. The first-order chi connectivity index (χ1) is 12.1. The number of rotatable bonds is 8. The minimum Gasteiger partial charge on any atom is -0.313 e. The van der Waals surface area contributed by atoms with Crippen molar-refractivity contribution in [3.8, 4) is 0 Å². The molecule has 0 saturated carbocycles. The van der Waals surface area contributed by atoms with E-state index in [4.69, 9.17) is 0 Å². The van der Waals surface area contributed by atoms with Gasteiger partial charge >= 0.3 is 0 Å². The van der Waals surface area contributed by atoms with Crippen molar-refractivity contribution in [1.29, 1.82) is 0 Å². The lowest BCUT2D eigenvalue weighted by Gasteiger charge is -2.31. The first-order valence-electron chi connectivity index (χ1n) is 9.67. The smallest absolute Gasteiger partial charge is 0.0239 e. The maximum absolute atomic E-state index is 3.58. The van der Waals surface area contributed by atoms with Gasteiger partial charge in [0.1, 0.15) is 0 Å². The van der Waals surface area contributed by atoms with Gasteiger partial charge in [0.15, 0.2) is 0 Å². The van der Waals surface area contributed by atoms with Crippen molar-refractivity contribution < 1.29 is 0 Å². The average molecular weight is 337 g/mol. The van der Waals surface area contributed by atoms with Crippen LogP contribution in [0.2, 0.25) is 0 Å². The van der Waals surface area contributed by atoms with Crippen LogP contribution in [0.4, 0.5) is 0 Å². The van der Waals surface area contributed by atoms with E-state index < -0.39 is 0 Å². The second kappa shape index (κ2) is 8.64. The minimum absolute atomic E-state index is 0.317. The van der Waals surface area contributed by atoms with E-state index >= 15 is 0 Å². The molecule has 2 nitrogen and oxygen atoms in total. The van der Waals surface area contributed by atoms with E-state index in [9.17, 15) is 0 Å². The van der Waals surface area contributed by atoms with Crippen molar-refractivity contribution in [2.24, 2.45) is 5.92 Å². The van der Waals surface area contributed by atoms with Crippen LogP contribution >= 0.6 is 0 Å². The Morgan fingerprint density at radius 2 is 1.60 bits per heavy atom. The summed E-state index contributed by atoms with van der Waals surface area (Å²) in [5.74, 6) is 0.831. The Morgan fingerprint density at radius 1 is 0.960 bits per heavy atom. The van der Waals surface area contributed by atoms with Gasteiger partial charge in [-0.1, -0.05) is 60.7 Å². The van der Waals surface area contributed by atoms with E-state index in [2.05, 4.69) is 84.7 Å². The monoisotopic (exact) mass is 336 g/mol. The Labute approximate surface area is 153 Å². The molecular formula is C23H32N2. The zero-order chi connectivity index (χ0) is 17.5.